The number of fused-ring (bicyclic) bond motifs is 1. The number of methoxy groups -OCH3 is 3. The lowest BCUT2D eigenvalue weighted by molar-refractivity contribution is -0.140. The Labute approximate surface area is 214 Å². The Morgan fingerprint density at radius 2 is 1.76 bits per heavy atom. The van der Waals surface area contributed by atoms with Gasteiger partial charge in [0.15, 0.2) is 11.5 Å². The number of rotatable bonds is 8. The van der Waals surface area contributed by atoms with Crippen molar-refractivity contribution in [1.82, 2.24) is 9.80 Å². The van der Waals surface area contributed by atoms with Crippen molar-refractivity contribution in [2.75, 3.05) is 54.3 Å². The highest BCUT2D eigenvalue weighted by Gasteiger charge is 2.48. The predicted octanol–water partition coefficient (Wildman–Crippen LogP) is 2.96. The molecule has 10 nitrogen and oxygen atoms in total. The van der Waals surface area contributed by atoms with Gasteiger partial charge in [-0.2, -0.15) is 0 Å². The fourth-order valence-corrected chi connectivity index (χ4v) is 5.23. The van der Waals surface area contributed by atoms with Crippen LogP contribution < -0.4 is 23.7 Å². The molecule has 0 unspecified atom stereocenters. The number of ketones is 1. The minimum absolute atomic E-state index is 0.00272. The molecular weight excluding hydrogens is 480 g/mol. The lowest BCUT2D eigenvalue weighted by Crippen LogP contribution is -2.37. The summed E-state index contributed by atoms with van der Waals surface area (Å²) in [6.45, 7) is 2.78. The van der Waals surface area contributed by atoms with E-state index in [0.29, 0.717) is 53.0 Å². The second-order valence-electron chi connectivity index (χ2n) is 9.04. The molecule has 0 saturated carbocycles. The SMILES string of the molecule is COc1cccc(C(O)=C2C(=O)C(=O)N(CCN3CCCC3)[C@@H]2c2cc3c(c(OC)c2OC)OCO3)c1. The largest absolute Gasteiger partial charge is 0.507 e. The smallest absolute Gasteiger partial charge is 0.295 e. The van der Waals surface area contributed by atoms with Gasteiger partial charge in [0.05, 0.1) is 32.9 Å². The van der Waals surface area contributed by atoms with E-state index in [-0.39, 0.29) is 18.1 Å². The molecule has 2 aromatic rings. The second kappa shape index (κ2) is 10.2. The normalized spacial score (nSPS) is 20.5. The fourth-order valence-electron chi connectivity index (χ4n) is 5.23. The maximum atomic E-state index is 13.5. The number of ether oxygens (including phenoxy) is 5. The van der Waals surface area contributed by atoms with Crippen LogP contribution in [-0.4, -0.2) is 80.9 Å². The van der Waals surface area contributed by atoms with E-state index in [0.717, 1.165) is 25.9 Å². The maximum absolute atomic E-state index is 13.5. The molecular formula is C27H30N2O8. The van der Waals surface area contributed by atoms with E-state index in [1.807, 2.05) is 0 Å². The van der Waals surface area contributed by atoms with Gasteiger partial charge in [-0.1, -0.05) is 12.1 Å². The van der Waals surface area contributed by atoms with Gasteiger partial charge in [0.25, 0.3) is 11.7 Å². The quantitative estimate of drug-likeness (QED) is 0.326. The summed E-state index contributed by atoms with van der Waals surface area (Å²) in [6, 6.07) is 7.45. The molecule has 3 heterocycles. The Balaban J connectivity index is 1.68. The van der Waals surface area contributed by atoms with E-state index in [1.165, 1.54) is 26.2 Å². The van der Waals surface area contributed by atoms with E-state index >= 15 is 0 Å². The van der Waals surface area contributed by atoms with Crippen LogP contribution in [0.15, 0.2) is 35.9 Å². The third-order valence-corrected chi connectivity index (χ3v) is 7.04. The molecule has 0 aromatic heterocycles. The van der Waals surface area contributed by atoms with Crippen LogP contribution >= 0.6 is 0 Å². The van der Waals surface area contributed by atoms with Crippen molar-refractivity contribution in [3.8, 4) is 28.7 Å². The molecule has 0 spiro atoms. The standard InChI is InChI=1S/C27H30N2O8/c1-33-17-8-6-7-16(13-17)22(30)20-21(29(27(32)23(20)31)12-11-28-9-4-5-10-28)18-14-19-25(37-15-36-19)26(35-3)24(18)34-2/h6-8,13-14,21,30H,4-5,9-12,15H2,1-3H3/t21-/m1/s1. The van der Waals surface area contributed by atoms with E-state index in [9.17, 15) is 14.7 Å². The first-order valence-corrected chi connectivity index (χ1v) is 12.2. The maximum Gasteiger partial charge on any atom is 0.295 e. The van der Waals surface area contributed by atoms with Gasteiger partial charge < -0.3 is 38.6 Å². The van der Waals surface area contributed by atoms with E-state index < -0.39 is 17.7 Å². The second-order valence-corrected chi connectivity index (χ2v) is 9.04. The van der Waals surface area contributed by atoms with Gasteiger partial charge in [-0.05, 0) is 44.1 Å². The van der Waals surface area contributed by atoms with Crippen LogP contribution in [0.3, 0.4) is 0 Å². The highest BCUT2D eigenvalue weighted by molar-refractivity contribution is 6.46. The third kappa shape index (κ3) is 4.31. The molecule has 1 amide bonds. The molecule has 196 valence electrons. The zero-order chi connectivity index (χ0) is 26.1. The summed E-state index contributed by atoms with van der Waals surface area (Å²) in [5.74, 6) is 0.109. The number of Topliss-reactive ketones (excluding diaryl/α,β-unsaturated/α-hetero) is 1. The number of carbonyl (C=O) groups is 2. The fraction of sp³-hybridized carbons (Fsp3) is 0.407. The van der Waals surface area contributed by atoms with Gasteiger partial charge in [-0.15, -0.1) is 0 Å². The Hall–Kier alpha value is -3.92. The van der Waals surface area contributed by atoms with Crippen LogP contribution in [0, 0.1) is 0 Å². The first-order chi connectivity index (χ1) is 18.0. The predicted molar refractivity (Wildman–Crippen MR) is 133 cm³/mol. The van der Waals surface area contributed by atoms with Gasteiger partial charge >= 0.3 is 0 Å². The highest BCUT2D eigenvalue weighted by atomic mass is 16.7. The van der Waals surface area contributed by atoms with E-state index in [1.54, 1.807) is 30.3 Å². The molecule has 1 N–H and O–H groups in total. The van der Waals surface area contributed by atoms with Gasteiger partial charge in [0.1, 0.15) is 11.5 Å². The first kappa shape index (κ1) is 24.8. The number of hydrogen-bond acceptors (Lipinski definition) is 9. The number of nitrogens with zero attached hydrogens (tertiary/aromatic N) is 2. The van der Waals surface area contributed by atoms with E-state index in [4.69, 9.17) is 23.7 Å². The van der Waals surface area contributed by atoms with Crippen molar-refractivity contribution in [1.29, 1.82) is 0 Å². The number of amides is 1. The molecule has 37 heavy (non-hydrogen) atoms. The highest BCUT2D eigenvalue weighted by Crippen LogP contribution is 2.53. The number of hydrogen-bond donors (Lipinski definition) is 1. The topological polar surface area (TPSA) is 107 Å². The molecule has 2 saturated heterocycles. The average Bonchev–Trinajstić information content (AvgIpc) is 3.67. The Bertz CT molecular complexity index is 1250. The minimum atomic E-state index is -0.938. The third-order valence-electron chi connectivity index (χ3n) is 7.04. The lowest BCUT2D eigenvalue weighted by atomic mass is 9.93. The summed E-state index contributed by atoms with van der Waals surface area (Å²) in [5, 5.41) is 11.4. The first-order valence-electron chi connectivity index (χ1n) is 12.2. The summed E-state index contributed by atoms with van der Waals surface area (Å²) >= 11 is 0. The monoisotopic (exact) mass is 510 g/mol. The van der Waals surface area contributed by atoms with Crippen molar-refractivity contribution >= 4 is 17.4 Å². The van der Waals surface area contributed by atoms with Gasteiger partial charge in [-0.25, -0.2) is 0 Å². The van der Waals surface area contributed by atoms with Crippen LogP contribution in [0.4, 0.5) is 0 Å². The van der Waals surface area contributed by atoms with Gasteiger partial charge in [0.2, 0.25) is 18.3 Å². The molecule has 5 rings (SSSR count). The number of aliphatic hydroxyl groups is 1. The molecule has 0 aliphatic carbocycles. The molecule has 1 atom stereocenters. The van der Waals surface area contributed by atoms with Crippen molar-refractivity contribution in [2.24, 2.45) is 0 Å². The van der Waals surface area contributed by atoms with Crippen LogP contribution in [0.2, 0.25) is 0 Å². The number of aliphatic hydroxyl groups excluding tert-OH is 1. The van der Waals surface area contributed by atoms with Gasteiger partial charge in [0, 0.05) is 24.2 Å². The summed E-state index contributed by atoms with van der Waals surface area (Å²) < 4.78 is 27.8. The van der Waals surface area contributed by atoms with Crippen LogP contribution in [0.5, 0.6) is 28.7 Å². The Morgan fingerprint density at radius 3 is 2.46 bits per heavy atom. The molecule has 2 fully saturated rings. The van der Waals surface area contributed by atoms with Crippen LogP contribution in [-0.2, 0) is 9.59 Å². The summed E-state index contributed by atoms with van der Waals surface area (Å²) in [5.41, 5.74) is 0.765. The zero-order valence-corrected chi connectivity index (χ0v) is 21.1. The summed E-state index contributed by atoms with van der Waals surface area (Å²) in [7, 11) is 4.46. The summed E-state index contributed by atoms with van der Waals surface area (Å²) in [6.07, 6.45) is 2.20. The van der Waals surface area contributed by atoms with Crippen molar-refractivity contribution < 1.29 is 38.4 Å². The summed E-state index contributed by atoms with van der Waals surface area (Å²) in [4.78, 5) is 30.6. The number of likely N-dealkylation sites (tertiary alicyclic amines) is 2. The number of carbonyl (C=O) groups excluding carboxylic acids is 2. The Kier molecular flexibility index (Phi) is 6.84. The molecule has 0 radical (unpaired) electrons. The molecule has 3 aliphatic rings. The molecule has 10 heteroatoms. The molecule has 2 aromatic carbocycles. The minimum Gasteiger partial charge on any atom is -0.507 e. The van der Waals surface area contributed by atoms with E-state index in [2.05, 4.69) is 4.90 Å². The average molecular weight is 511 g/mol. The van der Waals surface area contributed by atoms with Crippen molar-refractivity contribution in [3.63, 3.8) is 0 Å². The molecule has 3 aliphatic heterocycles. The van der Waals surface area contributed by atoms with Gasteiger partial charge in [-0.3, -0.25) is 9.59 Å². The number of benzene rings is 2. The molecule has 0 bridgehead atoms. The van der Waals surface area contributed by atoms with Crippen molar-refractivity contribution in [2.45, 2.75) is 18.9 Å². The van der Waals surface area contributed by atoms with Crippen LogP contribution in [0.25, 0.3) is 5.76 Å². The lowest BCUT2D eigenvalue weighted by Gasteiger charge is -2.29. The van der Waals surface area contributed by atoms with Crippen LogP contribution in [0.1, 0.15) is 30.0 Å². The zero-order valence-electron chi connectivity index (χ0n) is 21.1. The van der Waals surface area contributed by atoms with Crippen molar-refractivity contribution in [3.05, 3.63) is 47.0 Å². The Morgan fingerprint density at radius 1 is 1.00 bits per heavy atom.